The zero-order valence-corrected chi connectivity index (χ0v) is 17.9. The molecule has 1 heterocycles. The fraction of sp³-hybridized carbons (Fsp3) is 0.238. The van der Waals surface area contributed by atoms with E-state index in [0.29, 0.717) is 11.1 Å². The zero-order valence-electron chi connectivity index (χ0n) is 17.1. The van der Waals surface area contributed by atoms with Crippen molar-refractivity contribution in [3.63, 3.8) is 0 Å². The van der Waals surface area contributed by atoms with Crippen molar-refractivity contribution in [3.8, 4) is 0 Å². The van der Waals surface area contributed by atoms with Crippen molar-refractivity contribution in [2.24, 2.45) is 0 Å². The summed E-state index contributed by atoms with van der Waals surface area (Å²) < 4.78 is 32.7. The van der Waals surface area contributed by atoms with Crippen LogP contribution in [0.1, 0.15) is 47.2 Å². The number of fused-ring (bicyclic) bond motifs is 1. The lowest BCUT2D eigenvalue weighted by Gasteiger charge is -2.20. The minimum atomic E-state index is -3.70. The highest BCUT2D eigenvalue weighted by atomic mass is 32.2. The molecule has 0 saturated heterocycles. The third-order valence-corrected chi connectivity index (χ3v) is 5.98. The minimum absolute atomic E-state index is 0.0379. The van der Waals surface area contributed by atoms with Gasteiger partial charge in [-0.15, -0.1) is 0 Å². The number of para-hydroxylation sites is 1. The number of sulfonamides is 1. The van der Waals surface area contributed by atoms with Gasteiger partial charge >= 0.3 is 5.91 Å². The van der Waals surface area contributed by atoms with Crippen LogP contribution in [-0.2, 0) is 10.0 Å². The second kappa shape index (κ2) is 7.92. The molecule has 0 atom stereocenters. The maximum Gasteiger partial charge on any atom is 0.305 e. The van der Waals surface area contributed by atoms with E-state index >= 15 is 0 Å². The molecule has 0 aliphatic rings. The number of hydrogen-bond donors (Lipinski definition) is 3. The molecule has 0 spiro atoms. The van der Waals surface area contributed by atoms with Gasteiger partial charge in [0.15, 0.2) is 5.76 Å². The third-order valence-electron chi connectivity index (χ3n) is 4.21. The van der Waals surface area contributed by atoms with E-state index in [0.717, 1.165) is 5.39 Å². The smallest absolute Gasteiger partial charge is 0.305 e. The Hall–Kier alpha value is -3.17. The van der Waals surface area contributed by atoms with Gasteiger partial charge in [0.05, 0.1) is 4.90 Å². The Kier molecular flexibility index (Phi) is 5.69. The summed E-state index contributed by atoms with van der Waals surface area (Å²) >= 11 is 0. The van der Waals surface area contributed by atoms with Crippen LogP contribution in [0.4, 0.5) is 0 Å². The van der Waals surface area contributed by atoms with Gasteiger partial charge in [0.25, 0.3) is 5.91 Å². The molecule has 158 valence electrons. The number of benzene rings is 2. The first-order chi connectivity index (χ1) is 14.0. The van der Waals surface area contributed by atoms with Crippen LogP contribution in [0.5, 0.6) is 0 Å². The van der Waals surface area contributed by atoms with Crippen molar-refractivity contribution < 1.29 is 22.4 Å². The summed E-state index contributed by atoms with van der Waals surface area (Å²) in [6, 6.07) is 12.6. The fourth-order valence-electron chi connectivity index (χ4n) is 2.88. The lowest BCUT2D eigenvalue weighted by molar-refractivity contribution is 0.0831. The van der Waals surface area contributed by atoms with E-state index in [1.807, 2.05) is 12.1 Å². The summed E-state index contributed by atoms with van der Waals surface area (Å²) in [4.78, 5) is 24.7. The van der Waals surface area contributed by atoms with Crippen LogP contribution in [-0.4, -0.2) is 25.8 Å². The molecule has 0 aliphatic heterocycles. The molecule has 3 N–H and O–H groups in total. The van der Waals surface area contributed by atoms with Gasteiger partial charge in [-0.05, 0) is 58.0 Å². The summed E-state index contributed by atoms with van der Waals surface area (Å²) in [5, 5.41) is 0.814. The van der Waals surface area contributed by atoms with Crippen LogP contribution in [0.25, 0.3) is 11.0 Å². The van der Waals surface area contributed by atoms with Crippen molar-refractivity contribution in [2.75, 3.05) is 0 Å². The first-order valence-corrected chi connectivity index (χ1v) is 10.7. The fourth-order valence-corrected chi connectivity index (χ4v) is 4.30. The van der Waals surface area contributed by atoms with E-state index in [1.54, 1.807) is 39.8 Å². The minimum Gasteiger partial charge on any atom is -0.451 e. The predicted molar refractivity (Wildman–Crippen MR) is 112 cm³/mol. The van der Waals surface area contributed by atoms with Crippen LogP contribution >= 0.6 is 0 Å². The molecule has 1 aromatic heterocycles. The van der Waals surface area contributed by atoms with Gasteiger partial charge in [0.2, 0.25) is 10.0 Å². The number of hydrogen-bond acceptors (Lipinski definition) is 5. The number of carbonyl (C=O) groups is 2. The number of furan rings is 1. The lowest BCUT2D eigenvalue weighted by atomic mass is 10.1. The molecule has 30 heavy (non-hydrogen) atoms. The highest BCUT2D eigenvalue weighted by molar-refractivity contribution is 7.89. The van der Waals surface area contributed by atoms with Gasteiger partial charge in [-0.3, -0.25) is 20.4 Å². The molecule has 0 fully saturated rings. The summed E-state index contributed by atoms with van der Waals surface area (Å²) in [5.41, 5.74) is 5.41. The van der Waals surface area contributed by atoms with Gasteiger partial charge in [0, 0.05) is 22.1 Å². The lowest BCUT2D eigenvalue weighted by Crippen LogP contribution is -2.42. The Morgan fingerprint density at radius 1 is 0.900 bits per heavy atom. The van der Waals surface area contributed by atoms with Crippen molar-refractivity contribution in [3.05, 3.63) is 65.4 Å². The van der Waals surface area contributed by atoms with Gasteiger partial charge in [-0.1, -0.05) is 18.2 Å². The normalized spacial score (nSPS) is 12.0. The molecule has 3 aromatic rings. The van der Waals surface area contributed by atoms with Crippen molar-refractivity contribution >= 4 is 32.8 Å². The quantitative estimate of drug-likeness (QED) is 0.551. The standard InChI is InChI=1S/C21H23N3O5S/c1-13-16-7-5-6-8-17(16)29-18(13)20(26)23-22-19(25)14-9-11-15(12-10-14)30(27,28)24-21(2,3)4/h5-12,24H,1-4H3,(H,22,25)(H,23,26). The Labute approximate surface area is 174 Å². The molecule has 9 heteroatoms. The molecule has 0 saturated carbocycles. The second-order valence-electron chi connectivity index (χ2n) is 7.84. The summed E-state index contributed by atoms with van der Waals surface area (Å²) in [6.45, 7) is 6.96. The predicted octanol–water partition coefficient (Wildman–Crippen LogP) is 2.89. The van der Waals surface area contributed by atoms with Crippen LogP contribution in [0, 0.1) is 6.92 Å². The number of nitrogens with one attached hydrogen (secondary N) is 3. The molecule has 2 amide bonds. The van der Waals surface area contributed by atoms with E-state index in [9.17, 15) is 18.0 Å². The maximum absolute atomic E-state index is 12.4. The number of hydrazine groups is 1. The summed E-state index contributed by atoms with van der Waals surface area (Å²) in [5.74, 6) is -1.08. The van der Waals surface area contributed by atoms with Crippen LogP contribution in [0.2, 0.25) is 0 Å². The van der Waals surface area contributed by atoms with Gasteiger partial charge in [-0.2, -0.15) is 0 Å². The van der Waals surface area contributed by atoms with Crippen LogP contribution in [0.15, 0.2) is 57.8 Å². The van der Waals surface area contributed by atoms with Crippen LogP contribution < -0.4 is 15.6 Å². The molecule has 0 bridgehead atoms. The summed E-state index contributed by atoms with van der Waals surface area (Å²) in [7, 11) is -3.70. The monoisotopic (exact) mass is 429 g/mol. The van der Waals surface area contributed by atoms with E-state index in [2.05, 4.69) is 15.6 Å². The number of rotatable bonds is 4. The number of aryl methyl sites for hydroxylation is 1. The van der Waals surface area contributed by atoms with Gasteiger partial charge in [0.1, 0.15) is 5.58 Å². The molecule has 0 aliphatic carbocycles. The highest BCUT2D eigenvalue weighted by Gasteiger charge is 2.22. The van der Waals surface area contributed by atoms with Crippen molar-refractivity contribution in [1.82, 2.24) is 15.6 Å². The van der Waals surface area contributed by atoms with E-state index < -0.39 is 27.4 Å². The number of amides is 2. The molecular weight excluding hydrogens is 406 g/mol. The van der Waals surface area contributed by atoms with E-state index in [4.69, 9.17) is 4.42 Å². The molecule has 8 nitrogen and oxygen atoms in total. The molecule has 0 radical (unpaired) electrons. The van der Waals surface area contributed by atoms with Crippen molar-refractivity contribution in [1.29, 1.82) is 0 Å². The highest BCUT2D eigenvalue weighted by Crippen LogP contribution is 2.24. The van der Waals surface area contributed by atoms with E-state index in [-0.39, 0.29) is 16.2 Å². The Morgan fingerprint density at radius 2 is 1.50 bits per heavy atom. The average molecular weight is 429 g/mol. The van der Waals surface area contributed by atoms with Gasteiger partial charge < -0.3 is 4.42 Å². The summed E-state index contributed by atoms with van der Waals surface area (Å²) in [6.07, 6.45) is 0. The third kappa shape index (κ3) is 4.69. The SMILES string of the molecule is Cc1c(C(=O)NNC(=O)c2ccc(S(=O)(=O)NC(C)(C)C)cc2)oc2ccccc12. The molecular formula is C21H23N3O5S. The Morgan fingerprint density at radius 3 is 2.10 bits per heavy atom. The molecule has 0 unspecified atom stereocenters. The molecule has 2 aromatic carbocycles. The first kappa shape index (κ1) is 21.5. The molecule has 3 rings (SSSR count). The zero-order chi connectivity index (χ0) is 22.1. The topological polar surface area (TPSA) is 118 Å². The van der Waals surface area contributed by atoms with Gasteiger partial charge in [-0.25, -0.2) is 13.1 Å². The Bertz CT molecular complexity index is 1210. The second-order valence-corrected chi connectivity index (χ2v) is 9.52. The largest absolute Gasteiger partial charge is 0.451 e. The number of carbonyl (C=O) groups excluding carboxylic acids is 2. The van der Waals surface area contributed by atoms with Crippen molar-refractivity contribution in [2.45, 2.75) is 38.1 Å². The van der Waals surface area contributed by atoms with E-state index in [1.165, 1.54) is 24.3 Å². The Balaban J connectivity index is 1.67. The maximum atomic E-state index is 12.4. The van der Waals surface area contributed by atoms with Crippen LogP contribution in [0.3, 0.4) is 0 Å². The first-order valence-electron chi connectivity index (χ1n) is 9.21. The average Bonchev–Trinajstić information content (AvgIpc) is 3.01.